The van der Waals surface area contributed by atoms with Crippen LogP contribution in [0.1, 0.15) is 48.6 Å². The van der Waals surface area contributed by atoms with Crippen molar-refractivity contribution in [3.8, 4) is 0 Å². The number of thiazole rings is 1. The first-order valence-corrected chi connectivity index (χ1v) is 7.74. The molecule has 0 saturated heterocycles. The zero-order valence-electron chi connectivity index (χ0n) is 11.8. The lowest BCUT2D eigenvalue weighted by molar-refractivity contribution is 0.0886. The maximum atomic E-state index is 12.2. The zero-order valence-corrected chi connectivity index (χ0v) is 12.6. The van der Waals surface area contributed by atoms with Gasteiger partial charge < -0.3 is 10.1 Å². The summed E-state index contributed by atoms with van der Waals surface area (Å²) in [6, 6.07) is 0.281. The molecule has 1 amide bonds. The van der Waals surface area contributed by atoms with Gasteiger partial charge in [0.2, 0.25) is 0 Å². The van der Waals surface area contributed by atoms with E-state index in [-0.39, 0.29) is 11.9 Å². The van der Waals surface area contributed by atoms with Gasteiger partial charge in [-0.2, -0.15) is 0 Å². The van der Waals surface area contributed by atoms with Gasteiger partial charge in [-0.3, -0.25) is 4.79 Å². The van der Waals surface area contributed by atoms with Crippen LogP contribution in [0.25, 0.3) is 0 Å². The number of carbonyl (C=O) groups excluding carboxylic acids is 1. The van der Waals surface area contributed by atoms with Crippen molar-refractivity contribution in [1.29, 1.82) is 0 Å². The molecule has 0 aromatic carbocycles. The molecule has 5 heteroatoms. The highest BCUT2D eigenvalue weighted by Crippen LogP contribution is 2.29. The Hall–Kier alpha value is -0.940. The van der Waals surface area contributed by atoms with Crippen molar-refractivity contribution in [2.45, 2.75) is 45.8 Å². The van der Waals surface area contributed by atoms with E-state index in [1.807, 2.05) is 0 Å². The fourth-order valence-corrected chi connectivity index (χ4v) is 3.38. The third-order valence-corrected chi connectivity index (χ3v) is 4.90. The highest BCUT2D eigenvalue weighted by Gasteiger charge is 2.28. The first-order chi connectivity index (χ1) is 9.11. The van der Waals surface area contributed by atoms with E-state index in [1.54, 1.807) is 12.5 Å². The molecule has 106 valence electrons. The number of hydrogen-bond donors (Lipinski definition) is 1. The van der Waals surface area contributed by atoms with Gasteiger partial charge in [-0.1, -0.05) is 26.7 Å². The first kappa shape index (κ1) is 14.5. The van der Waals surface area contributed by atoms with Crippen molar-refractivity contribution in [2.75, 3.05) is 7.11 Å². The maximum absolute atomic E-state index is 12.2. The molecule has 1 N–H and O–H groups in total. The van der Waals surface area contributed by atoms with Gasteiger partial charge >= 0.3 is 0 Å². The van der Waals surface area contributed by atoms with Gasteiger partial charge in [0, 0.05) is 18.5 Å². The van der Waals surface area contributed by atoms with Crippen molar-refractivity contribution in [3.63, 3.8) is 0 Å². The lowest BCUT2D eigenvalue weighted by Crippen LogP contribution is -2.43. The maximum Gasteiger partial charge on any atom is 0.270 e. The molecule has 1 aromatic rings. The Balaban J connectivity index is 1.95. The molecule has 4 nitrogen and oxygen atoms in total. The molecule has 1 aliphatic carbocycles. The molecule has 3 unspecified atom stereocenters. The van der Waals surface area contributed by atoms with E-state index in [0.29, 0.717) is 24.1 Å². The summed E-state index contributed by atoms with van der Waals surface area (Å²) < 4.78 is 5.02. The number of amides is 1. The molecule has 0 aliphatic heterocycles. The summed E-state index contributed by atoms with van der Waals surface area (Å²) in [7, 11) is 1.63. The van der Waals surface area contributed by atoms with E-state index in [4.69, 9.17) is 4.74 Å². The normalized spacial score (nSPS) is 27.2. The fraction of sp³-hybridized carbons (Fsp3) is 0.714. The monoisotopic (exact) mass is 282 g/mol. The summed E-state index contributed by atoms with van der Waals surface area (Å²) in [5, 5.41) is 5.79. The fourth-order valence-electron chi connectivity index (χ4n) is 2.63. The van der Waals surface area contributed by atoms with Gasteiger partial charge in [0.15, 0.2) is 0 Å². The zero-order chi connectivity index (χ0) is 13.8. The third-order valence-electron chi connectivity index (χ3n) is 4.08. The molecule has 2 rings (SSSR count). The molecule has 1 fully saturated rings. The van der Waals surface area contributed by atoms with Crippen LogP contribution in [0.2, 0.25) is 0 Å². The molecule has 1 aliphatic rings. The molecule has 1 saturated carbocycles. The van der Waals surface area contributed by atoms with Gasteiger partial charge in [-0.05, 0) is 18.3 Å². The van der Waals surface area contributed by atoms with E-state index >= 15 is 0 Å². The molecule has 0 spiro atoms. The van der Waals surface area contributed by atoms with E-state index in [9.17, 15) is 4.79 Å². The van der Waals surface area contributed by atoms with E-state index < -0.39 is 0 Å². The Labute approximate surface area is 118 Å². The van der Waals surface area contributed by atoms with Crippen LogP contribution < -0.4 is 5.32 Å². The minimum atomic E-state index is -0.0513. The van der Waals surface area contributed by atoms with Crippen LogP contribution in [0.3, 0.4) is 0 Å². The molecule has 1 aromatic heterocycles. The number of methoxy groups -OCH3 is 1. The summed E-state index contributed by atoms with van der Waals surface area (Å²) in [6.07, 6.45) is 3.54. The quantitative estimate of drug-likeness (QED) is 0.924. The summed E-state index contributed by atoms with van der Waals surface area (Å²) in [5.41, 5.74) is 0.516. The Kier molecular flexibility index (Phi) is 4.93. The topological polar surface area (TPSA) is 51.2 Å². The SMILES string of the molecule is COCc1nc(C(=O)NC2CCCC(C)C2C)cs1. The second-order valence-corrected chi connectivity index (χ2v) is 6.35. The predicted molar refractivity (Wildman–Crippen MR) is 76.3 cm³/mol. The molecular formula is C14H22N2O2S. The summed E-state index contributed by atoms with van der Waals surface area (Å²) >= 11 is 1.47. The Morgan fingerprint density at radius 3 is 3.05 bits per heavy atom. The highest BCUT2D eigenvalue weighted by molar-refractivity contribution is 7.09. The number of nitrogens with one attached hydrogen (secondary N) is 1. The lowest BCUT2D eigenvalue weighted by atomic mass is 9.78. The van der Waals surface area contributed by atoms with Crippen molar-refractivity contribution in [3.05, 3.63) is 16.1 Å². The first-order valence-electron chi connectivity index (χ1n) is 6.86. The third kappa shape index (κ3) is 3.54. The van der Waals surface area contributed by atoms with Gasteiger partial charge in [0.25, 0.3) is 5.91 Å². The molecule has 0 bridgehead atoms. The minimum absolute atomic E-state index is 0.0513. The second kappa shape index (κ2) is 6.48. The van der Waals surface area contributed by atoms with Crippen LogP contribution in [-0.4, -0.2) is 24.0 Å². The van der Waals surface area contributed by atoms with E-state index in [0.717, 1.165) is 11.4 Å². The summed E-state index contributed by atoms with van der Waals surface area (Å²) in [6.45, 7) is 4.96. The Morgan fingerprint density at radius 2 is 2.32 bits per heavy atom. The molecule has 19 heavy (non-hydrogen) atoms. The standard InChI is InChI=1S/C14H22N2O2S/c1-9-5-4-6-11(10(9)2)16-14(17)12-8-19-13(15-12)7-18-3/h8-11H,4-7H2,1-3H3,(H,16,17). The van der Waals surface area contributed by atoms with Crippen molar-refractivity contribution < 1.29 is 9.53 Å². The predicted octanol–water partition coefficient (Wildman–Crippen LogP) is 2.84. The number of carbonyl (C=O) groups is 1. The number of hydrogen-bond acceptors (Lipinski definition) is 4. The van der Waals surface area contributed by atoms with Crippen LogP contribution in [-0.2, 0) is 11.3 Å². The van der Waals surface area contributed by atoms with Crippen LogP contribution >= 0.6 is 11.3 Å². The van der Waals surface area contributed by atoms with E-state index in [2.05, 4.69) is 24.1 Å². The van der Waals surface area contributed by atoms with Crippen molar-refractivity contribution in [1.82, 2.24) is 10.3 Å². The van der Waals surface area contributed by atoms with Crippen LogP contribution in [0.4, 0.5) is 0 Å². The largest absolute Gasteiger partial charge is 0.378 e. The average molecular weight is 282 g/mol. The Bertz CT molecular complexity index is 433. The van der Waals surface area contributed by atoms with Crippen LogP contribution in [0, 0.1) is 11.8 Å². The smallest absolute Gasteiger partial charge is 0.270 e. The van der Waals surface area contributed by atoms with Crippen molar-refractivity contribution in [2.24, 2.45) is 11.8 Å². The number of rotatable bonds is 4. The minimum Gasteiger partial charge on any atom is -0.378 e. The summed E-state index contributed by atoms with van der Waals surface area (Å²) in [5.74, 6) is 1.16. The molecule has 1 heterocycles. The van der Waals surface area contributed by atoms with Crippen molar-refractivity contribution >= 4 is 17.2 Å². The number of nitrogens with zero attached hydrogens (tertiary/aromatic N) is 1. The summed E-state index contributed by atoms with van der Waals surface area (Å²) in [4.78, 5) is 16.5. The van der Waals surface area contributed by atoms with Gasteiger partial charge in [-0.25, -0.2) is 4.98 Å². The van der Waals surface area contributed by atoms with Crippen LogP contribution in [0.5, 0.6) is 0 Å². The highest BCUT2D eigenvalue weighted by atomic mass is 32.1. The number of aromatic nitrogens is 1. The average Bonchev–Trinajstić information content (AvgIpc) is 2.84. The van der Waals surface area contributed by atoms with Gasteiger partial charge in [0.05, 0.1) is 6.61 Å². The molecular weight excluding hydrogens is 260 g/mol. The molecule has 0 radical (unpaired) electrons. The number of ether oxygens (including phenoxy) is 1. The molecule has 3 atom stereocenters. The Morgan fingerprint density at radius 1 is 1.53 bits per heavy atom. The lowest BCUT2D eigenvalue weighted by Gasteiger charge is -2.34. The van der Waals surface area contributed by atoms with Gasteiger partial charge in [-0.15, -0.1) is 11.3 Å². The second-order valence-electron chi connectivity index (χ2n) is 5.41. The van der Waals surface area contributed by atoms with Gasteiger partial charge in [0.1, 0.15) is 10.7 Å². The van der Waals surface area contributed by atoms with Crippen LogP contribution in [0.15, 0.2) is 5.38 Å². The van der Waals surface area contributed by atoms with E-state index in [1.165, 1.54) is 24.2 Å².